The molecule has 0 atom stereocenters. The Kier molecular flexibility index (Phi) is 7.19. The molecule has 0 radical (unpaired) electrons. The summed E-state index contributed by atoms with van der Waals surface area (Å²) in [4.78, 5) is -0.612. The number of nitrogens with two attached hydrogens (primary N) is 1. The first-order valence-corrected chi connectivity index (χ1v) is 12.8. The van der Waals surface area contributed by atoms with Crippen molar-refractivity contribution >= 4 is 47.4 Å². The third kappa shape index (κ3) is 6.52. The van der Waals surface area contributed by atoms with Gasteiger partial charge in [-0.15, -0.1) is 5.11 Å². The van der Waals surface area contributed by atoms with Crippen LogP contribution in [0.25, 0.3) is 0 Å². The van der Waals surface area contributed by atoms with Gasteiger partial charge in [0.05, 0.1) is 34.3 Å². The van der Waals surface area contributed by atoms with Crippen molar-refractivity contribution in [2.45, 2.75) is 23.6 Å². The summed E-state index contributed by atoms with van der Waals surface area (Å²) in [6.45, 7) is 2.27. The normalized spacial score (nSPS) is 13.0. The molecule has 12 nitrogen and oxygen atoms in total. The van der Waals surface area contributed by atoms with E-state index in [0.29, 0.717) is 5.56 Å². The van der Waals surface area contributed by atoms with Gasteiger partial charge in [-0.05, 0) is 49.7 Å². The van der Waals surface area contributed by atoms with Gasteiger partial charge in [0, 0.05) is 5.56 Å². The smallest absolute Gasteiger partial charge is 0.397 e. The minimum absolute atomic E-state index is 0.0989. The average Bonchev–Trinajstić information content (AvgIpc) is 2.59. The third-order valence-electron chi connectivity index (χ3n) is 4.01. The lowest BCUT2D eigenvalue weighted by atomic mass is 10.1. The lowest BCUT2D eigenvalue weighted by Crippen LogP contribution is -2.15. The van der Waals surface area contributed by atoms with Crippen LogP contribution < -0.4 is 5.73 Å². The molecule has 0 aliphatic heterocycles. The van der Waals surface area contributed by atoms with E-state index in [2.05, 4.69) is 14.4 Å². The predicted molar refractivity (Wildman–Crippen MR) is 110 cm³/mol. The number of anilines is 1. The number of hydrogen-bond donors (Lipinski definition) is 3. The van der Waals surface area contributed by atoms with Gasteiger partial charge in [-0.2, -0.15) is 21.9 Å². The van der Waals surface area contributed by atoms with Crippen LogP contribution in [0, 0.1) is 13.8 Å². The lowest BCUT2D eigenvalue weighted by Gasteiger charge is -2.11. The number of hydrogen-bond acceptors (Lipinski definition) is 10. The molecule has 0 aliphatic carbocycles. The molecule has 0 unspecified atom stereocenters. The van der Waals surface area contributed by atoms with Crippen molar-refractivity contribution < 1.29 is 38.5 Å². The molecule has 0 aromatic heterocycles. The standard InChI is InChI=1S/C16H19N3O9S3/c1-10-9-14(17)16(30(22,23)24)11(2)15(10)19-18-12-3-5-13(6-4-12)29(20,21)8-7-28-31(25,26)27/h3-6,9H,7-8,17H2,1-2H3,(H,22,23,24)(H,25,26,27). The first-order chi connectivity index (χ1) is 14.1. The SMILES string of the molecule is Cc1cc(N)c(S(=O)(=O)O)c(C)c1N=Nc1ccc(S(=O)(=O)CCOS(=O)(=O)O)cc1. The second kappa shape index (κ2) is 8.97. The molecule has 2 rings (SSSR count). The van der Waals surface area contributed by atoms with Crippen LogP contribution in [0.5, 0.6) is 0 Å². The Morgan fingerprint density at radius 1 is 0.968 bits per heavy atom. The largest absolute Gasteiger partial charge is 0.398 e. The van der Waals surface area contributed by atoms with Gasteiger partial charge >= 0.3 is 10.4 Å². The van der Waals surface area contributed by atoms with E-state index in [4.69, 9.17) is 10.3 Å². The molecular weight excluding hydrogens is 474 g/mol. The van der Waals surface area contributed by atoms with Crippen molar-refractivity contribution in [1.29, 1.82) is 0 Å². The fraction of sp³-hybridized carbons (Fsp3) is 0.250. The molecule has 170 valence electrons. The van der Waals surface area contributed by atoms with Crippen LogP contribution in [0.15, 0.2) is 50.4 Å². The van der Waals surface area contributed by atoms with E-state index in [-0.39, 0.29) is 27.5 Å². The highest BCUT2D eigenvalue weighted by molar-refractivity contribution is 7.91. The highest BCUT2D eigenvalue weighted by Crippen LogP contribution is 2.35. The molecule has 0 fully saturated rings. The summed E-state index contributed by atoms with van der Waals surface area (Å²) >= 11 is 0. The Bertz CT molecular complexity index is 1330. The van der Waals surface area contributed by atoms with E-state index in [9.17, 15) is 29.8 Å². The van der Waals surface area contributed by atoms with Crippen molar-refractivity contribution in [3.63, 3.8) is 0 Å². The Hall–Kier alpha value is -2.43. The molecule has 0 spiro atoms. The number of aryl methyl sites for hydroxylation is 1. The van der Waals surface area contributed by atoms with Gasteiger partial charge in [0.25, 0.3) is 10.1 Å². The number of benzene rings is 2. The minimum Gasteiger partial charge on any atom is -0.398 e. The summed E-state index contributed by atoms with van der Waals surface area (Å²) in [6, 6.07) is 6.40. The summed E-state index contributed by atoms with van der Waals surface area (Å²) < 4.78 is 90.3. The average molecular weight is 494 g/mol. The molecule has 0 heterocycles. The van der Waals surface area contributed by atoms with E-state index in [0.717, 1.165) is 0 Å². The Morgan fingerprint density at radius 2 is 1.55 bits per heavy atom. The molecule has 2 aromatic rings. The summed E-state index contributed by atoms with van der Waals surface area (Å²) in [7, 11) is -13.2. The quantitative estimate of drug-likeness (QED) is 0.277. The molecule has 0 bridgehead atoms. The van der Waals surface area contributed by atoms with E-state index in [1.54, 1.807) is 6.92 Å². The Labute approximate surface area is 179 Å². The van der Waals surface area contributed by atoms with E-state index >= 15 is 0 Å². The molecule has 0 saturated carbocycles. The topological polar surface area (TPSA) is 203 Å². The second-order valence-electron chi connectivity index (χ2n) is 6.32. The van der Waals surface area contributed by atoms with Gasteiger partial charge in [0.2, 0.25) is 0 Å². The van der Waals surface area contributed by atoms with Crippen molar-refractivity contribution in [1.82, 2.24) is 0 Å². The van der Waals surface area contributed by atoms with Crippen LogP contribution >= 0.6 is 0 Å². The summed E-state index contributed by atoms with van der Waals surface area (Å²) in [6.07, 6.45) is 0. The van der Waals surface area contributed by atoms with Crippen LogP contribution in [0.1, 0.15) is 11.1 Å². The lowest BCUT2D eigenvalue weighted by molar-refractivity contribution is 0.284. The summed E-state index contributed by atoms with van der Waals surface area (Å²) in [5.41, 5.74) is 6.54. The molecule has 31 heavy (non-hydrogen) atoms. The van der Waals surface area contributed by atoms with Gasteiger partial charge in [-0.25, -0.2) is 12.6 Å². The van der Waals surface area contributed by atoms with E-state index in [1.807, 2.05) is 0 Å². The molecular formula is C16H19N3O9S3. The monoisotopic (exact) mass is 493 g/mol. The molecule has 0 aliphatic rings. The van der Waals surface area contributed by atoms with Crippen molar-refractivity contribution in [3.8, 4) is 0 Å². The van der Waals surface area contributed by atoms with Crippen LogP contribution in [0.4, 0.5) is 17.1 Å². The van der Waals surface area contributed by atoms with Crippen LogP contribution in [0.2, 0.25) is 0 Å². The fourth-order valence-electron chi connectivity index (χ4n) is 2.68. The van der Waals surface area contributed by atoms with Crippen molar-refractivity contribution in [3.05, 3.63) is 41.5 Å². The molecule has 2 aromatic carbocycles. The highest BCUT2D eigenvalue weighted by atomic mass is 32.3. The molecule has 4 N–H and O–H groups in total. The number of nitrogens with zero attached hydrogens (tertiary/aromatic N) is 2. The maximum atomic E-state index is 12.2. The number of nitrogen functional groups attached to an aromatic ring is 1. The highest BCUT2D eigenvalue weighted by Gasteiger charge is 2.21. The zero-order chi connectivity index (χ0) is 23.6. The molecule has 15 heteroatoms. The maximum absolute atomic E-state index is 12.2. The van der Waals surface area contributed by atoms with Gasteiger partial charge in [-0.1, -0.05) is 0 Å². The van der Waals surface area contributed by atoms with Gasteiger partial charge in [0.1, 0.15) is 4.90 Å². The van der Waals surface area contributed by atoms with E-state index < -0.39 is 47.6 Å². The first kappa shape index (κ1) is 24.8. The Morgan fingerprint density at radius 3 is 2.06 bits per heavy atom. The minimum atomic E-state index is -4.74. The first-order valence-electron chi connectivity index (χ1n) is 8.35. The van der Waals surface area contributed by atoms with Crippen molar-refractivity contribution in [2.75, 3.05) is 18.1 Å². The van der Waals surface area contributed by atoms with Gasteiger partial charge in [0.15, 0.2) is 9.84 Å². The van der Waals surface area contributed by atoms with Crippen LogP contribution in [-0.4, -0.2) is 46.7 Å². The van der Waals surface area contributed by atoms with Crippen LogP contribution in [0.3, 0.4) is 0 Å². The number of sulfone groups is 1. The number of azo groups is 1. The fourth-order valence-corrected chi connectivity index (χ4v) is 5.01. The van der Waals surface area contributed by atoms with Crippen LogP contribution in [-0.2, 0) is 34.5 Å². The summed E-state index contributed by atoms with van der Waals surface area (Å²) in [5, 5.41) is 7.93. The maximum Gasteiger partial charge on any atom is 0.397 e. The van der Waals surface area contributed by atoms with Gasteiger partial charge in [-0.3, -0.25) is 9.11 Å². The Balaban J connectivity index is 2.28. The molecule has 0 saturated heterocycles. The number of rotatable bonds is 8. The second-order valence-corrected chi connectivity index (χ2v) is 10.9. The predicted octanol–water partition coefficient (Wildman–Crippen LogP) is 2.14. The zero-order valence-electron chi connectivity index (χ0n) is 16.2. The van der Waals surface area contributed by atoms with Crippen molar-refractivity contribution in [2.24, 2.45) is 10.2 Å². The molecule has 0 amide bonds. The summed E-state index contributed by atoms with van der Waals surface area (Å²) in [5.74, 6) is -0.685. The van der Waals surface area contributed by atoms with Gasteiger partial charge < -0.3 is 5.73 Å². The zero-order valence-corrected chi connectivity index (χ0v) is 18.7. The third-order valence-corrected chi connectivity index (χ3v) is 7.22. The van der Waals surface area contributed by atoms with E-state index in [1.165, 1.54) is 37.3 Å².